The van der Waals surface area contributed by atoms with Crippen molar-refractivity contribution in [1.82, 2.24) is 10.3 Å². The van der Waals surface area contributed by atoms with Gasteiger partial charge in [-0.3, -0.25) is 9.69 Å². The van der Waals surface area contributed by atoms with Crippen LogP contribution in [0.25, 0.3) is 16.0 Å². The highest BCUT2D eigenvalue weighted by molar-refractivity contribution is 5.94. The molecule has 0 saturated carbocycles. The molecule has 1 aromatic carbocycles. The van der Waals surface area contributed by atoms with Crippen LogP contribution >= 0.6 is 0 Å². The lowest BCUT2D eigenvalue weighted by atomic mass is 10.0. The topological polar surface area (TPSA) is 85.1 Å². The predicted molar refractivity (Wildman–Crippen MR) is 103 cm³/mol. The fourth-order valence-electron chi connectivity index (χ4n) is 3.25. The zero-order valence-electron chi connectivity index (χ0n) is 14.5. The second-order valence-electron chi connectivity index (χ2n) is 6.31. The molecule has 2 aromatic rings. The maximum atomic E-state index is 12.3. The van der Waals surface area contributed by atoms with E-state index in [1.165, 1.54) is 6.92 Å². The zero-order chi connectivity index (χ0) is 19.0. The van der Waals surface area contributed by atoms with Crippen LogP contribution in [0.1, 0.15) is 14.4 Å². The minimum absolute atomic E-state index is 0. The first-order valence-corrected chi connectivity index (χ1v) is 8.42. The molecule has 2 aliphatic rings. The minimum atomic E-state index is -0.459. The van der Waals surface area contributed by atoms with Crippen molar-refractivity contribution in [2.45, 2.75) is 26.5 Å². The van der Waals surface area contributed by atoms with Gasteiger partial charge in [0.05, 0.1) is 12.2 Å². The summed E-state index contributed by atoms with van der Waals surface area (Å²) >= 11 is 0. The summed E-state index contributed by atoms with van der Waals surface area (Å²) in [6.07, 6.45) is 0.726. The summed E-state index contributed by atoms with van der Waals surface area (Å²) in [7, 11) is 0. The molecule has 0 unspecified atom stereocenters. The summed E-state index contributed by atoms with van der Waals surface area (Å²) in [6, 6.07) is 8.70. The first-order valence-electron chi connectivity index (χ1n) is 8.42. The molecule has 0 aliphatic carbocycles. The SMILES string of the molecule is C.[C-]#[N+]c1ccc(-c2ccc3c(c2)OC[C@H]2[C@H](CNC(C)=O)OC(=O)N32)cn1. The van der Waals surface area contributed by atoms with Crippen molar-refractivity contribution < 1.29 is 19.1 Å². The third-order valence-corrected chi connectivity index (χ3v) is 4.59. The normalized spacial score (nSPS) is 19.3. The zero-order valence-corrected chi connectivity index (χ0v) is 14.5. The predicted octanol–water partition coefficient (Wildman–Crippen LogP) is 3.16. The summed E-state index contributed by atoms with van der Waals surface area (Å²) < 4.78 is 11.3. The number of aromatic nitrogens is 1. The Morgan fingerprint density at radius 2 is 2.14 bits per heavy atom. The van der Waals surface area contributed by atoms with Crippen LogP contribution in [-0.2, 0) is 9.53 Å². The number of rotatable bonds is 3. The maximum absolute atomic E-state index is 12.3. The molecule has 2 aliphatic heterocycles. The van der Waals surface area contributed by atoms with Crippen molar-refractivity contribution in [3.05, 3.63) is 47.9 Å². The van der Waals surface area contributed by atoms with Crippen LogP contribution in [0.4, 0.5) is 16.3 Å². The van der Waals surface area contributed by atoms with Gasteiger partial charge < -0.3 is 19.6 Å². The van der Waals surface area contributed by atoms with Gasteiger partial charge in [0.25, 0.3) is 5.82 Å². The Morgan fingerprint density at radius 1 is 1.36 bits per heavy atom. The summed E-state index contributed by atoms with van der Waals surface area (Å²) in [5.74, 6) is 0.736. The average Bonchev–Trinajstić information content (AvgIpc) is 3.02. The van der Waals surface area contributed by atoms with Crippen LogP contribution < -0.4 is 15.0 Å². The molecule has 2 amide bonds. The molecule has 144 valence electrons. The number of nitrogens with one attached hydrogen (secondary N) is 1. The highest BCUT2D eigenvalue weighted by Gasteiger charge is 2.46. The molecule has 0 spiro atoms. The van der Waals surface area contributed by atoms with Crippen molar-refractivity contribution in [3.63, 3.8) is 0 Å². The van der Waals surface area contributed by atoms with E-state index in [1.807, 2.05) is 24.3 Å². The number of hydrogen-bond acceptors (Lipinski definition) is 5. The number of carbonyl (C=O) groups is 2. The van der Waals surface area contributed by atoms with E-state index in [1.54, 1.807) is 17.2 Å². The fraction of sp³-hybridized carbons (Fsp3) is 0.300. The van der Waals surface area contributed by atoms with Crippen LogP contribution in [0.15, 0.2) is 36.5 Å². The molecule has 4 rings (SSSR count). The number of carbonyl (C=O) groups excluding carboxylic acids is 2. The number of pyridine rings is 1. The van der Waals surface area contributed by atoms with Gasteiger partial charge in [0.15, 0.2) is 0 Å². The molecule has 1 N–H and O–H groups in total. The van der Waals surface area contributed by atoms with E-state index in [-0.39, 0.29) is 32.5 Å². The monoisotopic (exact) mass is 380 g/mol. The Labute approximate surface area is 162 Å². The van der Waals surface area contributed by atoms with Crippen molar-refractivity contribution in [2.24, 2.45) is 0 Å². The molecule has 0 radical (unpaired) electrons. The van der Waals surface area contributed by atoms with Gasteiger partial charge in [0.2, 0.25) is 5.91 Å². The lowest BCUT2D eigenvalue weighted by Crippen LogP contribution is -2.47. The van der Waals surface area contributed by atoms with E-state index < -0.39 is 12.2 Å². The molecule has 3 heterocycles. The molecular weight excluding hydrogens is 360 g/mol. The van der Waals surface area contributed by atoms with Crippen molar-refractivity contribution >= 4 is 23.5 Å². The molecule has 1 fully saturated rings. The first kappa shape index (κ1) is 19.2. The lowest BCUT2D eigenvalue weighted by Gasteiger charge is -2.31. The van der Waals surface area contributed by atoms with E-state index >= 15 is 0 Å². The van der Waals surface area contributed by atoms with Crippen molar-refractivity contribution in [2.75, 3.05) is 18.1 Å². The van der Waals surface area contributed by atoms with E-state index in [0.29, 0.717) is 17.3 Å². The van der Waals surface area contributed by atoms with Crippen molar-refractivity contribution in [3.8, 4) is 16.9 Å². The number of cyclic esters (lactones) is 1. The lowest BCUT2D eigenvalue weighted by molar-refractivity contribution is -0.119. The third-order valence-electron chi connectivity index (χ3n) is 4.59. The average molecular weight is 380 g/mol. The van der Waals surface area contributed by atoms with E-state index in [0.717, 1.165) is 11.1 Å². The van der Waals surface area contributed by atoms with Gasteiger partial charge in [-0.2, -0.15) is 0 Å². The van der Waals surface area contributed by atoms with Crippen LogP contribution in [0.5, 0.6) is 5.75 Å². The highest BCUT2D eigenvalue weighted by atomic mass is 16.6. The second kappa shape index (κ2) is 7.56. The molecule has 8 nitrogen and oxygen atoms in total. The second-order valence-corrected chi connectivity index (χ2v) is 6.31. The summed E-state index contributed by atoms with van der Waals surface area (Å²) in [5, 5.41) is 2.68. The Bertz CT molecular complexity index is 952. The number of nitrogens with zero attached hydrogens (tertiary/aromatic N) is 3. The largest absolute Gasteiger partial charge is 0.489 e. The Balaban J connectivity index is 0.00000225. The number of ether oxygens (including phenoxy) is 2. The molecular formula is C20H20N4O4. The van der Waals surface area contributed by atoms with Crippen LogP contribution in [-0.4, -0.2) is 42.3 Å². The summed E-state index contributed by atoms with van der Waals surface area (Å²) in [5.41, 5.74) is 2.36. The molecule has 2 atom stereocenters. The van der Waals surface area contributed by atoms with Gasteiger partial charge in [0.1, 0.15) is 30.7 Å². The fourth-order valence-corrected chi connectivity index (χ4v) is 3.25. The number of fused-ring (bicyclic) bond motifs is 3. The minimum Gasteiger partial charge on any atom is -0.489 e. The number of benzene rings is 1. The van der Waals surface area contributed by atoms with Crippen LogP contribution in [0.2, 0.25) is 0 Å². The smallest absolute Gasteiger partial charge is 0.415 e. The quantitative estimate of drug-likeness (QED) is 0.827. The van der Waals surface area contributed by atoms with Gasteiger partial charge >= 0.3 is 6.09 Å². The van der Waals surface area contributed by atoms with Crippen molar-refractivity contribution in [1.29, 1.82) is 0 Å². The third kappa shape index (κ3) is 3.34. The maximum Gasteiger partial charge on any atom is 0.415 e. The van der Waals surface area contributed by atoms with Crippen LogP contribution in [0.3, 0.4) is 0 Å². The van der Waals surface area contributed by atoms with Gasteiger partial charge in [-0.1, -0.05) is 26.1 Å². The highest BCUT2D eigenvalue weighted by Crippen LogP contribution is 2.40. The van der Waals surface area contributed by atoms with Gasteiger partial charge in [-0.25, -0.2) is 4.79 Å². The number of anilines is 1. The van der Waals surface area contributed by atoms with E-state index in [2.05, 4.69) is 15.1 Å². The Kier molecular flexibility index (Phi) is 5.18. The molecule has 1 aromatic heterocycles. The molecule has 28 heavy (non-hydrogen) atoms. The van der Waals surface area contributed by atoms with E-state index in [9.17, 15) is 9.59 Å². The Morgan fingerprint density at radius 3 is 2.82 bits per heavy atom. The molecule has 8 heteroatoms. The molecule has 1 saturated heterocycles. The standard InChI is InChI=1S/C19H16N4O4.CH4/c1-11(24)21-9-17-15-10-26-16-7-12(13-4-6-18(20-2)22-8-13)3-5-14(16)23(15)19(25)27-17;/h3-8,15,17H,9-10H2,1H3,(H,21,24);1H4/t15-,17-;/m0./s1. The summed E-state index contributed by atoms with van der Waals surface area (Å²) in [6.45, 7) is 8.92. The molecule has 0 bridgehead atoms. The van der Waals surface area contributed by atoms with Crippen LogP contribution in [0, 0.1) is 6.57 Å². The first-order chi connectivity index (χ1) is 13.1. The number of hydrogen-bond donors (Lipinski definition) is 1. The Hall–Kier alpha value is -3.60. The summed E-state index contributed by atoms with van der Waals surface area (Å²) in [4.78, 5) is 32.4. The van der Waals surface area contributed by atoms with Gasteiger partial charge in [-0.15, -0.1) is 4.98 Å². The number of amides is 2. The van der Waals surface area contributed by atoms with Gasteiger partial charge in [-0.05, 0) is 23.8 Å². The van der Waals surface area contributed by atoms with Gasteiger partial charge in [0, 0.05) is 12.5 Å². The van der Waals surface area contributed by atoms with E-state index in [4.69, 9.17) is 16.0 Å².